The molecule has 2 rings (SSSR count). The van der Waals surface area contributed by atoms with Crippen LogP contribution in [-0.2, 0) is 6.42 Å². The van der Waals surface area contributed by atoms with Crippen molar-refractivity contribution in [3.05, 3.63) is 11.7 Å². The van der Waals surface area contributed by atoms with E-state index >= 15 is 0 Å². The molecule has 0 aromatic carbocycles. The van der Waals surface area contributed by atoms with Gasteiger partial charge in [-0.3, -0.25) is 4.90 Å². The van der Waals surface area contributed by atoms with E-state index in [2.05, 4.69) is 20.4 Å². The minimum atomic E-state index is -4.20. The molecule has 0 amide bonds. The lowest BCUT2D eigenvalue weighted by molar-refractivity contribution is -0.134. The van der Waals surface area contributed by atoms with E-state index in [1.54, 1.807) is 0 Å². The molecule has 1 atom stereocenters. The van der Waals surface area contributed by atoms with Gasteiger partial charge in [0.15, 0.2) is 5.82 Å². The Morgan fingerprint density at radius 1 is 1.35 bits per heavy atom. The van der Waals surface area contributed by atoms with Crippen LogP contribution in [0, 0.1) is 0 Å². The largest absolute Gasteiger partial charge is 0.389 e. The Balaban J connectivity index is 1.98. The van der Waals surface area contributed by atoms with Gasteiger partial charge in [0, 0.05) is 32.6 Å². The zero-order valence-electron chi connectivity index (χ0n) is 11.4. The molecule has 1 aromatic rings. The predicted octanol–water partition coefficient (Wildman–Crippen LogP) is 1.92. The number of alkyl halides is 3. The lowest BCUT2D eigenvalue weighted by Gasteiger charge is -2.32. The molecule has 0 radical (unpaired) electrons. The van der Waals surface area contributed by atoms with Gasteiger partial charge in [0.05, 0.1) is 12.5 Å². The molecule has 20 heavy (non-hydrogen) atoms. The molecule has 1 unspecified atom stereocenters. The third kappa shape index (κ3) is 4.17. The highest BCUT2D eigenvalue weighted by Gasteiger charge is 2.29. The highest BCUT2D eigenvalue weighted by Crippen LogP contribution is 2.24. The first kappa shape index (κ1) is 15.2. The predicted molar refractivity (Wildman–Crippen MR) is 66.1 cm³/mol. The van der Waals surface area contributed by atoms with Crippen molar-refractivity contribution in [2.24, 2.45) is 0 Å². The highest BCUT2D eigenvalue weighted by molar-refractivity contribution is 4.96. The van der Waals surface area contributed by atoms with Crippen LogP contribution in [0.1, 0.15) is 37.5 Å². The number of nitrogens with zero attached hydrogens (tertiary/aromatic N) is 3. The first-order valence-electron chi connectivity index (χ1n) is 6.83. The van der Waals surface area contributed by atoms with Crippen molar-refractivity contribution in [2.45, 2.75) is 38.4 Å². The van der Waals surface area contributed by atoms with Crippen molar-refractivity contribution in [1.82, 2.24) is 20.4 Å². The van der Waals surface area contributed by atoms with Crippen LogP contribution in [0.15, 0.2) is 4.52 Å². The Hall–Kier alpha value is -1.15. The van der Waals surface area contributed by atoms with Gasteiger partial charge in [-0.2, -0.15) is 18.2 Å². The third-order valence-electron chi connectivity index (χ3n) is 3.38. The van der Waals surface area contributed by atoms with Crippen LogP contribution in [0.2, 0.25) is 0 Å². The molecule has 0 aliphatic carbocycles. The summed E-state index contributed by atoms with van der Waals surface area (Å²) in [7, 11) is 0. The van der Waals surface area contributed by atoms with E-state index in [9.17, 15) is 13.2 Å². The van der Waals surface area contributed by atoms with E-state index in [-0.39, 0.29) is 18.4 Å². The van der Waals surface area contributed by atoms with Gasteiger partial charge in [0.25, 0.3) is 0 Å². The summed E-state index contributed by atoms with van der Waals surface area (Å²) >= 11 is 0. The van der Waals surface area contributed by atoms with Crippen LogP contribution in [0.25, 0.3) is 0 Å². The van der Waals surface area contributed by atoms with Gasteiger partial charge in [-0.1, -0.05) is 12.1 Å². The number of aromatic nitrogens is 2. The number of piperazine rings is 1. The summed E-state index contributed by atoms with van der Waals surface area (Å²) < 4.78 is 41.4. The first-order valence-corrected chi connectivity index (χ1v) is 6.83. The summed E-state index contributed by atoms with van der Waals surface area (Å²) in [4.78, 5) is 6.35. The Morgan fingerprint density at radius 3 is 2.65 bits per heavy atom. The molecule has 114 valence electrons. The molecule has 1 fully saturated rings. The van der Waals surface area contributed by atoms with Gasteiger partial charge in [-0.05, 0) is 6.42 Å². The fourth-order valence-electron chi connectivity index (χ4n) is 2.35. The number of hydrogen-bond donors (Lipinski definition) is 1. The van der Waals surface area contributed by atoms with Gasteiger partial charge in [0.2, 0.25) is 5.89 Å². The van der Waals surface area contributed by atoms with E-state index in [0.717, 1.165) is 32.6 Å². The SMILES string of the molecule is CCC(c1noc(CCC(F)(F)F)n1)N1CCNCC1. The van der Waals surface area contributed by atoms with Crippen LogP contribution < -0.4 is 5.32 Å². The monoisotopic (exact) mass is 292 g/mol. The van der Waals surface area contributed by atoms with Crippen molar-refractivity contribution in [2.75, 3.05) is 26.2 Å². The van der Waals surface area contributed by atoms with Crippen LogP contribution in [0.4, 0.5) is 13.2 Å². The summed E-state index contributed by atoms with van der Waals surface area (Å²) in [5.74, 6) is 0.553. The molecule has 1 N–H and O–H groups in total. The van der Waals surface area contributed by atoms with Crippen molar-refractivity contribution in [3.63, 3.8) is 0 Å². The van der Waals surface area contributed by atoms with Crippen molar-refractivity contribution >= 4 is 0 Å². The van der Waals surface area contributed by atoms with E-state index in [1.807, 2.05) is 6.92 Å². The lowest BCUT2D eigenvalue weighted by Crippen LogP contribution is -2.45. The van der Waals surface area contributed by atoms with Gasteiger partial charge >= 0.3 is 6.18 Å². The molecular formula is C12H19F3N4O. The maximum absolute atomic E-state index is 12.2. The van der Waals surface area contributed by atoms with Gasteiger partial charge in [0.1, 0.15) is 0 Å². The quantitative estimate of drug-likeness (QED) is 0.898. The molecule has 2 heterocycles. The number of aryl methyl sites for hydroxylation is 1. The molecule has 1 aliphatic rings. The molecule has 1 aliphatic heterocycles. The van der Waals surface area contributed by atoms with E-state index in [4.69, 9.17) is 4.52 Å². The van der Waals surface area contributed by atoms with Gasteiger partial charge in [-0.25, -0.2) is 0 Å². The van der Waals surface area contributed by atoms with E-state index in [1.165, 1.54) is 0 Å². The Bertz CT molecular complexity index is 415. The summed E-state index contributed by atoms with van der Waals surface area (Å²) in [6.45, 7) is 5.57. The summed E-state index contributed by atoms with van der Waals surface area (Å²) in [6.07, 6.45) is -4.58. The first-order chi connectivity index (χ1) is 9.49. The number of hydrogen-bond acceptors (Lipinski definition) is 5. The fraction of sp³-hybridized carbons (Fsp3) is 0.833. The molecule has 0 bridgehead atoms. The average molecular weight is 292 g/mol. The Kier molecular flexibility index (Phi) is 4.98. The van der Waals surface area contributed by atoms with Crippen molar-refractivity contribution in [1.29, 1.82) is 0 Å². The molecule has 1 saturated heterocycles. The second kappa shape index (κ2) is 6.53. The maximum Gasteiger partial charge on any atom is 0.389 e. The highest BCUT2D eigenvalue weighted by atomic mass is 19.4. The normalized spacial score (nSPS) is 19.2. The summed E-state index contributed by atoms with van der Waals surface area (Å²) in [6, 6.07) is 0.0143. The van der Waals surface area contributed by atoms with Gasteiger partial charge < -0.3 is 9.84 Å². The second-order valence-electron chi connectivity index (χ2n) is 4.87. The topological polar surface area (TPSA) is 54.2 Å². The zero-order chi connectivity index (χ0) is 14.6. The molecular weight excluding hydrogens is 273 g/mol. The van der Waals surface area contributed by atoms with Gasteiger partial charge in [-0.15, -0.1) is 0 Å². The van der Waals surface area contributed by atoms with Crippen LogP contribution >= 0.6 is 0 Å². The maximum atomic E-state index is 12.2. The number of nitrogens with one attached hydrogen (secondary N) is 1. The summed E-state index contributed by atoms with van der Waals surface area (Å²) in [5, 5.41) is 7.10. The Labute approximate surface area is 115 Å². The van der Waals surface area contributed by atoms with E-state index in [0.29, 0.717) is 5.82 Å². The molecule has 8 heteroatoms. The van der Waals surface area contributed by atoms with Crippen molar-refractivity contribution in [3.8, 4) is 0 Å². The standard InChI is InChI=1S/C12H19F3N4O/c1-2-9(19-7-5-16-6-8-19)11-17-10(20-18-11)3-4-12(13,14)15/h9,16H,2-8H2,1H3. The molecule has 0 saturated carbocycles. The molecule has 0 spiro atoms. The fourth-order valence-corrected chi connectivity index (χ4v) is 2.35. The number of halogens is 3. The van der Waals surface area contributed by atoms with Crippen LogP contribution in [-0.4, -0.2) is 47.4 Å². The molecule has 5 nitrogen and oxygen atoms in total. The third-order valence-corrected chi connectivity index (χ3v) is 3.38. The van der Waals surface area contributed by atoms with Crippen LogP contribution in [0.5, 0.6) is 0 Å². The minimum Gasteiger partial charge on any atom is -0.339 e. The minimum absolute atomic E-state index is 0.0143. The second-order valence-corrected chi connectivity index (χ2v) is 4.87. The Morgan fingerprint density at radius 2 is 2.05 bits per heavy atom. The lowest BCUT2D eigenvalue weighted by atomic mass is 10.1. The number of rotatable bonds is 5. The van der Waals surface area contributed by atoms with Crippen molar-refractivity contribution < 1.29 is 17.7 Å². The summed E-state index contributed by atoms with van der Waals surface area (Å²) in [5.41, 5.74) is 0. The van der Waals surface area contributed by atoms with Crippen LogP contribution in [0.3, 0.4) is 0 Å². The molecule has 1 aromatic heterocycles. The zero-order valence-corrected chi connectivity index (χ0v) is 11.4. The average Bonchev–Trinajstić information content (AvgIpc) is 2.87. The van der Waals surface area contributed by atoms with E-state index < -0.39 is 12.6 Å². The smallest absolute Gasteiger partial charge is 0.339 e.